The molecule has 0 bridgehead atoms. The quantitative estimate of drug-likeness (QED) is 0.460. The molecule has 1 aromatic rings. The molecule has 0 aromatic heterocycles. The Morgan fingerprint density at radius 3 is 2.59 bits per heavy atom. The molecule has 150 valence electrons. The highest BCUT2D eigenvalue weighted by molar-refractivity contribution is 7.89. The number of fused-ring (bicyclic) bond motifs is 1. The Morgan fingerprint density at radius 1 is 1.19 bits per heavy atom. The van der Waals surface area contributed by atoms with Gasteiger partial charge in [0.1, 0.15) is 13.2 Å². The van der Waals surface area contributed by atoms with Gasteiger partial charge in [0.2, 0.25) is 10.0 Å². The third kappa shape index (κ3) is 6.72. The van der Waals surface area contributed by atoms with E-state index in [0.717, 1.165) is 0 Å². The molecule has 0 fully saturated rings. The van der Waals surface area contributed by atoms with Gasteiger partial charge in [-0.25, -0.2) is 13.1 Å². The first-order valence-electron chi connectivity index (χ1n) is 8.62. The van der Waals surface area contributed by atoms with Crippen LogP contribution >= 0.6 is 0 Å². The molecule has 0 saturated carbocycles. The Kier molecular flexibility index (Phi) is 7.43. The fourth-order valence-electron chi connectivity index (χ4n) is 2.30. The van der Waals surface area contributed by atoms with Crippen LogP contribution in [0.5, 0.6) is 11.5 Å². The van der Waals surface area contributed by atoms with Crippen molar-refractivity contribution in [3.63, 3.8) is 0 Å². The van der Waals surface area contributed by atoms with Gasteiger partial charge in [-0.2, -0.15) is 0 Å². The fourth-order valence-corrected chi connectivity index (χ4v) is 3.38. The fraction of sp³-hybridized carbons (Fsp3) is 0.529. The summed E-state index contributed by atoms with van der Waals surface area (Å²) in [5, 5.41) is 2.60. The van der Waals surface area contributed by atoms with Crippen molar-refractivity contribution in [3.8, 4) is 11.5 Å². The van der Waals surface area contributed by atoms with Crippen molar-refractivity contribution in [2.24, 2.45) is 0 Å². The molecular weight excluding hydrogens is 376 g/mol. The third-order valence-corrected chi connectivity index (χ3v) is 4.95. The lowest BCUT2D eigenvalue weighted by Crippen LogP contribution is -2.34. The van der Waals surface area contributed by atoms with Crippen LogP contribution < -0.4 is 19.5 Å². The highest BCUT2D eigenvalue weighted by Gasteiger charge is 2.19. The number of hydrogen-bond donors (Lipinski definition) is 2. The number of benzene rings is 1. The number of rotatable bonds is 9. The van der Waals surface area contributed by atoms with E-state index in [2.05, 4.69) is 10.0 Å². The Labute approximate surface area is 158 Å². The van der Waals surface area contributed by atoms with Gasteiger partial charge >= 0.3 is 5.97 Å². The van der Waals surface area contributed by atoms with E-state index in [1.807, 2.05) is 0 Å². The van der Waals surface area contributed by atoms with Crippen molar-refractivity contribution < 1.29 is 32.2 Å². The molecule has 10 heteroatoms. The maximum atomic E-state index is 12.3. The van der Waals surface area contributed by atoms with E-state index in [4.69, 9.17) is 14.2 Å². The molecule has 0 spiro atoms. The van der Waals surface area contributed by atoms with Crippen LogP contribution in [-0.2, 0) is 24.3 Å². The molecule has 1 aromatic carbocycles. The van der Waals surface area contributed by atoms with Gasteiger partial charge in [0, 0.05) is 25.1 Å². The monoisotopic (exact) mass is 400 g/mol. The minimum Gasteiger partial charge on any atom is -0.486 e. The second-order valence-electron chi connectivity index (χ2n) is 6.19. The number of sulfonamides is 1. The van der Waals surface area contributed by atoms with Crippen molar-refractivity contribution in [2.45, 2.75) is 37.6 Å². The predicted octanol–water partition coefficient (Wildman–Crippen LogP) is 0.584. The Morgan fingerprint density at radius 2 is 1.89 bits per heavy atom. The van der Waals surface area contributed by atoms with Crippen molar-refractivity contribution >= 4 is 21.9 Å². The van der Waals surface area contributed by atoms with E-state index in [-0.39, 0.29) is 42.8 Å². The summed E-state index contributed by atoms with van der Waals surface area (Å²) in [6, 6.07) is 4.34. The topological polar surface area (TPSA) is 120 Å². The minimum atomic E-state index is -3.73. The van der Waals surface area contributed by atoms with E-state index in [0.29, 0.717) is 24.7 Å². The highest BCUT2D eigenvalue weighted by atomic mass is 32.2. The lowest BCUT2D eigenvalue weighted by Gasteiger charge is -2.18. The molecule has 1 aliphatic rings. The third-order valence-electron chi connectivity index (χ3n) is 3.49. The van der Waals surface area contributed by atoms with Gasteiger partial charge in [-0.1, -0.05) is 0 Å². The largest absolute Gasteiger partial charge is 0.486 e. The minimum absolute atomic E-state index is 0.00137. The molecule has 0 atom stereocenters. The first-order chi connectivity index (χ1) is 12.8. The van der Waals surface area contributed by atoms with Gasteiger partial charge in [0.15, 0.2) is 18.1 Å². The van der Waals surface area contributed by atoms with Crippen LogP contribution in [0, 0.1) is 0 Å². The SMILES string of the molecule is CC(C)NC(=O)COC(=O)CCCNS(=O)(=O)c1ccc2c(c1)OCCO2. The summed E-state index contributed by atoms with van der Waals surface area (Å²) in [5.74, 6) is -0.0538. The lowest BCUT2D eigenvalue weighted by molar-refractivity contribution is -0.148. The Hall–Kier alpha value is -2.33. The lowest BCUT2D eigenvalue weighted by atomic mass is 10.3. The van der Waals surface area contributed by atoms with Gasteiger partial charge in [-0.05, 0) is 32.4 Å². The second kappa shape index (κ2) is 9.56. The molecule has 9 nitrogen and oxygen atoms in total. The van der Waals surface area contributed by atoms with Gasteiger partial charge in [-0.15, -0.1) is 0 Å². The number of hydrogen-bond acceptors (Lipinski definition) is 7. The van der Waals surface area contributed by atoms with Crippen LogP contribution in [0.2, 0.25) is 0 Å². The predicted molar refractivity (Wildman–Crippen MR) is 96.1 cm³/mol. The van der Waals surface area contributed by atoms with Crippen LogP contribution in [0.4, 0.5) is 0 Å². The maximum Gasteiger partial charge on any atom is 0.306 e. The normalized spacial score (nSPS) is 13.3. The highest BCUT2D eigenvalue weighted by Crippen LogP contribution is 2.32. The van der Waals surface area contributed by atoms with Gasteiger partial charge in [0.25, 0.3) is 5.91 Å². The Balaban J connectivity index is 1.74. The summed E-state index contributed by atoms with van der Waals surface area (Å²) in [5.41, 5.74) is 0. The van der Waals surface area contributed by atoms with Gasteiger partial charge < -0.3 is 19.5 Å². The summed E-state index contributed by atoms with van der Waals surface area (Å²) in [4.78, 5) is 23.0. The van der Waals surface area contributed by atoms with Crippen molar-refractivity contribution in [1.29, 1.82) is 0 Å². The summed E-state index contributed by atoms with van der Waals surface area (Å²) in [6.45, 7) is 4.10. The van der Waals surface area contributed by atoms with Crippen LogP contribution in [0.1, 0.15) is 26.7 Å². The van der Waals surface area contributed by atoms with Crippen molar-refractivity contribution in [2.75, 3.05) is 26.4 Å². The molecule has 27 heavy (non-hydrogen) atoms. The molecule has 1 aliphatic heterocycles. The first kappa shape index (κ1) is 21.0. The summed E-state index contributed by atoms with van der Waals surface area (Å²) in [6.07, 6.45) is 0.243. The van der Waals surface area contributed by atoms with Gasteiger partial charge in [0.05, 0.1) is 4.90 Å². The standard InChI is InChI=1S/C17H24N2O7S/c1-12(2)19-16(20)11-26-17(21)4-3-7-18-27(22,23)13-5-6-14-15(10-13)25-9-8-24-14/h5-6,10,12,18H,3-4,7-9,11H2,1-2H3,(H,19,20). The van der Waals surface area contributed by atoms with Crippen LogP contribution in [0.25, 0.3) is 0 Å². The number of nitrogens with one attached hydrogen (secondary N) is 2. The van der Waals surface area contributed by atoms with Crippen molar-refractivity contribution in [3.05, 3.63) is 18.2 Å². The smallest absolute Gasteiger partial charge is 0.306 e. The summed E-state index contributed by atoms with van der Waals surface area (Å²) < 4.78 is 42.6. The van der Waals surface area contributed by atoms with Crippen LogP contribution in [0.3, 0.4) is 0 Å². The van der Waals surface area contributed by atoms with Crippen LogP contribution in [0.15, 0.2) is 23.1 Å². The average Bonchev–Trinajstić information content (AvgIpc) is 2.62. The molecule has 1 amide bonds. The number of amides is 1. The molecular formula is C17H24N2O7S. The van der Waals surface area contributed by atoms with E-state index in [9.17, 15) is 18.0 Å². The van der Waals surface area contributed by atoms with Crippen LogP contribution in [-0.4, -0.2) is 52.7 Å². The average molecular weight is 400 g/mol. The molecule has 2 N–H and O–H groups in total. The molecule has 2 rings (SSSR count). The first-order valence-corrected chi connectivity index (χ1v) is 10.1. The zero-order valence-corrected chi connectivity index (χ0v) is 16.1. The zero-order valence-electron chi connectivity index (χ0n) is 15.3. The second-order valence-corrected chi connectivity index (χ2v) is 7.96. The summed E-state index contributed by atoms with van der Waals surface area (Å²) >= 11 is 0. The van der Waals surface area contributed by atoms with Crippen molar-refractivity contribution in [1.82, 2.24) is 10.0 Å². The van der Waals surface area contributed by atoms with E-state index in [1.165, 1.54) is 12.1 Å². The number of carbonyl (C=O) groups excluding carboxylic acids is 2. The number of ether oxygens (including phenoxy) is 3. The van der Waals surface area contributed by atoms with E-state index < -0.39 is 16.0 Å². The van der Waals surface area contributed by atoms with E-state index >= 15 is 0 Å². The molecule has 0 unspecified atom stereocenters. The zero-order chi connectivity index (χ0) is 19.9. The number of carbonyl (C=O) groups is 2. The summed E-state index contributed by atoms with van der Waals surface area (Å²) in [7, 11) is -3.73. The van der Waals surface area contributed by atoms with Gasteiger partial charge in [-0.3, -0.25) is 9.59 Å². The Bertz CT molecular complexity index is 777. The molecule has 0 aliphatic carbocycles. The molecule has 0 saturated heterocycles. The molecule has 1 heterocycles. The maximum absolute atomic E-state index is 12.3. The number of esters is 1. The molecule has 0 radical (unpaired) electrons. The van der Waals surface area contributed by atoms with E-state index in [1.54, 1.807) is 19.9 Å².